The molecule has 1 heterocycles. The fourth-order valence-corrected chi connectivity index (χ4v) is 3.05. The SMILES string of the molecule is CN(CCC(=O)O)S(=O)(=O)CC1CCCCO1. The Morgan fingerprint density at radius 2 is 2.18 bits per heavy atom. The number of hydrogen-bond donors (Lipinski definition) is 1. The molecule has 6 nitrogen and oxygen atoms in total. The van der Waals surface area contributed by atoms with Crippen LogP contribution in [-0.4, -0.2) is 55.9 Å². The van der Waals surface area contributed by atoms with Crippen LogP contribution in [0.2, 0.25) is 0 Å². The number of carboxylic acid groups (broad SMARTS) is 1. The Morgan fingerprint density at radius 1 is 1.47 bits per heavy atom. The van der Waals surface area contributed by atoms with Crippen molar-refractivity contribution in [3.05, 3.63) is 0 Å². The third kappa shape index (κ3) is 5.01. The predicted molar refractivity (Wildman–Crippen MR) is 62.3 cm³/mol. The summed E-state index contributed by atoms with van der Waals surface area (Å²) in [6, 6.07) is 0. The van der Waals surface area contributed by atoms with Crippen molar-refractivity contribution in [1.29, 1.82) is 0 Å². The summed E-state index contributed by atoms with van der Waals surface area (Å²) < 4.78 is 30.2. The molecule has 0 radical (unpaired) electrons. The first-order chi connectivity index (χ1) is 7.92. The van der Waals surface area contributed by atoms with Crippen LogP contribution in [0.1, 0.15) is 25.7 Å². The molecule has 0 bridgehead atoms. The topological polar surface area (TPSA) is 83.9 Å². The lowest BCUT2D eigenvalue weighted by molar-refractivity contribution is -0.137. The van der Waals surface area contributed by atoms with Crippen LogP contribution in [-0.2, 0) is 19.6 Å². The maximum Gasteiger partial charge on any atom is 0.304 e. The summed E-state index contributed by atoms with van der Waals surface area (Å²) in [5.74, 6) is -1.05. The lowest BCUT2D eigenvalue weighted by Gasteiger charge is -2.25. The van der Waals surface area contributed by atoms with Gasteiger partial charge in [0.2, 0.25) is 10.0 Å². The first-order valence-electron chi connectivity index (χ1n) is 5.69. The molecule has 1 saturated heterocycles. The molecule has 1 aliphatic rings. The summed E-state index contributed by atoms with van der Waals surface area (Å²) in [4.78, 5) is 10.4. The van der Waals surface area contributed by atoms with Gasteiger partial charge >= 0.3 is 5.97 Å². The number of nitrogens with zero attached hydrogens (tertiary/aromatic N) is 1. The minimum absolute atomic E-state index is 0.00435. The van der Waals surface area contributed by atoms with Gasteiger partial charge < -0.3 is 9.84 Å². The average molecular weight is 265 g/mol. The van der Waals surface area contributed by atoms with Gasteiger partial charge in [-0.15, -0.1) is 0 Å². The molecule has 100 valence electrons. The highest BCUT2D eigenvalue weighted by molar-refractivity contribution is 7.89. The molecule has 0 aromatic carbocycles. The molecule has 1 unspecified atom stereocenters. The fraction of sp³-hybridized carbons (Fsp3) is 0.900. The van der Waals surface area contributed by atoms with Gasteiger partial charge in [-0.3, -0.25) is 4.79 Å². The fourth-order valence-electron chi connectivity index (χ4n) is 1.69. The van der Waals surface area contributed by atoms with E-state index >= 15 is 0 Å². The molecule has 17 heavy (non-hydrogen) atoms. The van der Waals surface area contributed by atoms with Gasteiger partial charge in [-0.25, -0.2) is 12.7 Å². The summed E-state index contributed by atoms with van der Waals surface area (Å²) >= 11 is 0. The summed E-state index contributed by atoms with van der Waals surface area (Å²) in [5, 5.41) is 8.50. The van der Waals surface area contributed by atoms with Crippen LogP contribution in [0.3, 0.4) is 0 Å². The van der Waals surface area contributed by atoms with Crippen LogP contribution >= 0.6 is 0 Å². The predicted octanol–water partition coefficient (Wildman–Crippen LogP) is 0.292. The molecule has 0 spiro atoms. The molecule has 0 aliphatic carbocycles. The van der Waals surface area contributed by atoms with Crippen LogP contribution in [0.15, 0.2) is 0 Å². The highest BCUT2D eigenvalue weighted by Crippen LogP contribution is 2.15. The quantitative estimate of drug-likeness (QED) is 0.746. The van der Waals surface area contributed by atoms with Crippen molar-refractivity contribution in [2.75, 3.05) is 26.0 Å². The van der Waals surface area contributed by atoms with Gasteiger partial charge in [-0.1, -0.05) is 0 Å². The standard InChI is InChI=1S/C10H19NO5S/c1-11(6-5-10(12)13)17(14,15)8-9-4-2-3-7-16-9/h9H,2-8H2,1H3,(H,12,13). The van der Waals surface area contributed by atoms with Gasteiger partial charge in [0.1, 0.15) is 0 Å². The zero-order valence-corrected chi connectivity index (χ0v) is 10.8. The second kappa shape index (κ2) is 6.32. The third-order valence-corrected chi connectivity index (χ3v) is 4.71. The van der Waals surface area contributed by atoms with Crippen molar-refractivity contribution < 1.29 is 23.1 Å². The van der Waals surface area contributed by atoms with E-state index in [0.717, 1.165) is 23.6 Å². The maximum atomic E-state index is 11.9. The van der Waals surface area contributed by atoms with E-state index in [1.807, 2.05) is 0 Å². The Labute approximate surface area is 102 Å². The number of hydrogen-bond acceptors (Lipinski definition) is 4. The molecule has 1 fully saturated rings. The van der Waals surface area contributed by atoms with Crippen molar-refractivity contribution in [3.63, 3.8) is 0 Å². The first kappa shape index (κ1) is 14.4. The molecule has 1 atom stereocenters. The third-order valence-electron chi connectivity index (χ3n) is 2.79. The van der Waals surface area contributed by atoms with Crippen molar-refractivity contribution in [1.82, 2.24) is 4.31 Å². The van der Waals surface area contributed by atoms with Gasteiger partial charge in [-0.2, -0.15) is 0 Å². The first-order valence-corrected chi connectivity index (χ1v) is 7.30. The highest BCUT2D eigenvalue weighted by Gasteiger charge is 2.25. The molecular weight excluding hydrogens is 246 g/mol. The second-order valence-corrected chi connectivity index (χ2v) is 6.35. The molecule has 0 saturated carbocycles. The number of ether oxygens (including phenoxy) is 1. The Morgan fingerprint density at radius 3 is 2.71 bits per heavy atom. The maximum absolute atomic E-state index is 11.9. The van der Waals surface area contributed by atoms with E-state index in [1.165, 1.54) is 7.05 Å². The van der Waals surface area contributed by atoms with Crippen molar-refractivity contribution in [2.45, 2.75) is 31.8 Å². The lowest BCUT2D eigenvalue weighted by Crippen LogP contribution is -2.37. The monoisotopic (exact) mass is 265 g/mol. The van der Waals surface area contributed by atoms with E-state index in [2.05, 4.69) is 0 Å². The van der Waals surface area contributed by atoms with E-state index in [4.69, 9.17) is 9.84 Å². The van der Waals surface area contributed by atoms with E-state index < -0.39 is 16.0 Å². The summed E-state index contributed by atoms with van der Waals surface area (Å²) in [6.45, 7) is 0.614. The molecule has 0 aromatic heterocycles. The Hall–Kier alpha value is -0.660. The number of rotatable bonds is 6. The summed E-state index contributed by atoms with van der Waals surface area (Å²) in [7, 11) is -2.01. The second-order valence-electron chi connectivity index (χ2n) is 4.23. The van der Waals surface area contributed by atoms with Crippen molar-refractivity contribution in [2.24, 2.45) is 0 Å². The molecular formula is C10H19NO5S. The number of aliphatic carboxylic acids is 1. The van der Waals surface area contributed by atoms with E-state index in [-0.39, 0.29) is 24.8 Å². The smallest absolute Gasteiger partial charge is 0.304 e. The summed E-state index contributed by atoms with van der Waals surface area (Å²) in [5.41, 5.74) is 0. The normalized spacial score (nSPS) is 21.6. The van der Waals surface area contributed by atoms with Gasteiger partial charge in [0, 0.05) is 20.2 Å². The Bertz CT molecular complexity index is 348. The molecule has 7 heteroatoms. The molecule has 0 aromatic rings. The van der Waals surface area contributed by atoms with E-state index in [0.29, 0.717) is 6.61 Å². The van der Waals surface area contributed by atoms with Crippen LogP contribution < -0.4 is 0 Å². The zero-order chi connectivity index (χ0) is 12.9. The molecule has 0 amide bonds. The van der Waals surface area contributed by atoms with E-state index in [1.54, 1.807) is 0 Å². The van der Waals surface area contributed by atoms with Crippen LogP contribution in [0.25, 0.3) is 0 Å². The molecule has 1 aliphatic heterocycles. The van der Waals surface area contributed by atoms with Crippen LogP contribution in [0.5, 0.6) is 0 Å². The molecule has 1 rings (SSSR count). The Balaban J connectivity index is 2.45. The largest absolute Gasteiger partial charge is 0.481 e. The minimum Gasteiger partial charge on any atom is -0.481 e. The zero-order valence-electron chi connectivity index (χ0n) is 9.96. The molecule has 1 N–H and O–H groups in total. The van der Waals surface area contributed by atoms with E-state index in [9.17, 15) is 13.2 Å². The van der Waals surface area contributed by atoms with Crippen molar-refractivity contribution in [3.8, 4) is 0 Å². The highest BCUT2D eigenvalue weighted by atomic mass is 32.2. The lowest BCUT2D eigenvalue weighted by atomic mass is 10.1. The minimum atomic E-state index is -3.41. The number of sulfonamides is 1. The van der Waals surface area contributed by atoms with Crippen LogP contribution in [0, 0.1) is 0 Å². The van der Waals surface area contributed by atoms with Gasteiger partial charge in [0.15, 0.2) is 0 Å². The van der Waals surface area contributed by atoms with Crippen molar-refractivity contribution >= 4 is 16.0 Å². The van der Waals surface area contributed by atoms with Gasteiger partial charge in [0.25, 0.3) is 0 Å². The average Bonchev–Trinajstić information content (AvgIpc) is 2.26. The van der Waals surface area contributed by atoms with Gasteiger partial charge in [0.05, 0.1) is 18.3 Å². The van der Waals surface area contributed by atoms with Gasteiger partial charge in [-0.05, 0) is 19.3 Å². The number of carboxylic acids is 1. The summed E-state index contributed by atoms with van der Waals surface area (Å²) in [6.07, 6.45) is 2.29. The number of carbonyl (C=O) groups is 1. The van der Waals surface area contributed by atoms with Crippen LogP contribution in [0.4, 0.5) is 0 Å². The Kier molecular flexibility index (Phi) is 5.35.